The van der Waals surface area contributed by atoms with Gasteiger partial charge in [0.1, 0.15) is 0 Å². The molecule has 182 valence electrons. The Kier molecular flexibility index (Phi) is 6.56. The van der Waals surface area contributed by atoms with Gasteiger partial charge in [-0.25, -0.2) is 9.78 Å². The van der Waals surface area contributed by atoms with Gasteiger partial charge < -0.3 is 14.2 Å². The van der Waals surface area contributed by atoms with Crippen molar-refractivity contribution in [2.75, 3.05) is 30.4 Å². The number of hydrogen-bond acceptors (Lipinski definition) is 6. The zero-order valence-corrected chi connectivity index (χ0v) is 21.1. The molecule has 0 aliphatic heterocycles. The van der Waals surface area contributed by atoms with Gasteiger partial charge in [0.15, 0.2) is 17.0 Å². The molecule has 0 spiro atoms. The number of nitrogens with one attached hydrogen (secondary N) is 1. The summed E-state index contributed by atoms with van der Waals surface area (Å²) in [6.45, 7) is 12.5. The molecule has 2 aromatic rings. The largest absolute Gasteiger partial charge is 0.449 e. The number of anilines is 2. The number of hydrogen-bond donors (Lipinski definition) is 1. The molecule has 2 aliphatic rings. The van der Waals surface area contributed by atoms with Crippen LogP contribution in [0, 0.1) is 16.7 Å². The van der Waals surface area contributed by atoms with Crippen molar-refractivity contribution >= 4 is 29.0 Å². The maximum Gasteiger partial charge on any atom is 0.414 e. The van der Waals surface area contributed by atoms with E-state index in [-0.39, 0.29) is 12.0 Å². The second-order valence-corrected chi connectivity index (χ2v) is 10.7. The second-order valence-electron chi connectivity index (χ2n) is 10.7. The Balaban J connectivity index is 1.60. The highest BCUT2D eigenvalue weighted by molar-refractivity contribution is 5.88. The van der Waals surface area contributed by atoms with Crippen LogP contribution in [0.1, 0.15) is 85.6 Å². The highest BCUT2D eigenvalue weighted by Gasteiger charge is 2.58. The molecule has 1 unspecified atom stereocenters. The Morgan fingerprint density at radius 2 is 2.06 bits per heavy atom. The first-order valence-corrected chi connectivity index (χ1v) is 12.6. The summed E-state index contributed by atoms with van der Waals surface area (Å²) in [6, 6.07) is 0.288. The van der Waals surface area contributed by atoms with Crippen molar-refractivity contribution in [2.24, 2.45) is 16.7 Å². The molecule has 1 amide bonds. The molecular formula is C25H40N6O2. The molecule has 2 aliphatic carbocycles. The van der Waals surface area contributed by atoms with Gasteiger partial charge >= 0.3 is 6.09 Å². The van der Waals surface area contributed by atoms with E-state index in [1.807, 2.05) is 18.3 Å². The summed E-state index contributed by atoms with van der Waals surface area (Å²) in [6.07, 6.45) is 9.45. The molecular weight excluding hydrogens is 416 g/mol. The molecule has 33 heavy (non-hydrogen) atoms. The van der Waals surface area contributed by atoms with Gasteiger partial charge in [0.2, 0.25) is 5.95 Å². The number of carbonyl (C=O) groups excluding carboxylic acids is 1. The first kappa shape index (κ1) is 23.8. The molecule has 8 nitrogen and oxygen atoms in total. The van der Waals surface area contributed by atoms with Gasteiger partial charge in [-0.05, 0) is 62.7 Å². The average molecular weight is 457 g/mol. The first-order chi connectivity index (χ1) is 15.7. The van der Waals surface area contributed by atoms with Crippen LogP contribution in [-0.4, -0.2) is 45.8 Å². The average Bonchev–Trinajstić information content (AvgIpc) is 3.63. The lowest BCUT2D eigenvalue weighted by molar-refractivity contribution is 0.159. The van der Waals surface area contributed by atoms with Crippen molar-refractivity contribution in [1.82, 2.24) is 19.5 Å². The number of ether oxygens (including phenoxy) is 1. The molecule has 2 saturated carbocycles. The highest BCUT2D eigenvalue weighted by atomic mass is 16.5. The standard InChI is InChI=1S/C25H40N6O2/c1-7-9-10-13-33-23(32)29-22-27-20(30(6)8-2)19-21(28-22)31(16-26-19)18(4)25(11-12-25)15-24(5)14-17(24)3/h16-18H,7-15H2,1-6H3,(H,27,28,29,32)/t17-,18+,24?/m0/s1. The fraction of sp³-hybridized carbons (Fsp3) is 0.760. The van der Waals surface area contributed by atoms with Crippen molar-refractivity contribution < 1.29 is 9.53 Å². The van der Waals surface area contributed by atoms with Crippen molar-refractivity contribution in [3.05, 3.63) is 6.33 Å². The lowest BCUT2D eigenvalue weighted by Crippen LogP contribution is -2.23. The summed E-state index contributed by atoms with van der Waals surface area (Å²) in [4.78, 5) is 28.4. The van der Waals surface area contributed by atoms with E-state index in [2.05, 4.69) is 49.5 Å². The van der Waals surface area contributed by atoms with Gasteiger partial charge in [0.25, 0.3) is 0 Å². The van der Waals surface area contributed by atoms with Gasteiger partial charge in [0, 0.05) is 19.6 Å². The first-order valence-electron chi connectivity index (χ1n) is 12.6. The minimum atomic E-state index is -0.510. The lowest BCUT2D eigenvalue weighted by Gasteiger charge is -2.28. The zero-order valence-electron chi connectivity index (χ0n) is 21.1. The quantitative estimate of drug-likeness (QED) is 0.430. The van der Waals surface area contributed by atoms with E-state index in [0.29, 0.717) is 17.4 Å². The molecule has 0 bridgehead atoms. The zero-order chi connectivity index (χ0) is 23.8. The number of aromatic nitrogens is 4. The van der Waals surface area contributed by atoms with Gasteiger partial charge in [-0.2, -0.15) is 9.97 Å². The number of fused-ring (bicyclic) bond motifs is 1. The Bertz CT molecular complexity index is 1000. The molecule has 2 aromatic heterocycles. The molecule has 3 atom stereocenters. The van der Waals surface area contributed by atoms with Gasteiger partial charge in [0.05, 0.1) is 12.9 Å². The third-order valence-electron chi connectivity index (χ3n) is 8.19. The maximum atomic E-state index is 12.3. The maximum absolute atomic E-state index is 12.3. The smallest absolute Gasteiger partial charge is 0.414 e. The molecule has 0 radical (unpaired) electrons. The fourth-order valence-electron chi connectivity index (χ4n) is 5.19. The Labute approximate surface area is 197 Å². The molecule has 2 fully saturated rings. The van der Waals surface area contributed by atoms with Crippen molar-refractivity contribution in [3.8, 4) is 0 Å². The molecule has 4 rings (SSSR count). The minimum Gasteiger partial charge on any atom is -0.449 e. The summed E-state index contributed by atoms with van der Waals surface area (Å²) in [7, 11) is 1.98. The van der Waals surface area contributed by atoms with Crippen LogP contribution in [0.25, 0.3) is 11.2 Å². The van der Waals surface area contributed by atoms with Crippen LogP contribution in [0.2, 0.25) is 0 Å². The van der Waals surface area contributed by atoms with Crippen LogP contribution in [0.3, 0.4) is 0 Å². The monoisotopic (exact) mass is 456 g/mol. The van der Waals surface area contributed by atoms with E-state index in [4.69, 9.17) is 14.7 Å². The van der Waals surface area contributed by atoms with Crippen LogP contribution in [0.4, 0.5) is 16.6 Å². The van der Waals surface area contributed by atoms with Gasteiger partial charge in [-0.1, -0.05) is 33.6 Å². The molecule has 0 saturated heterocycles. The number of carbonyl (C=O) groups is 1. The van der Waals surface area contributed by atoms with E-state index in [1.54, 1.807) is 0 Å². The third-order valence-corrected chi connectivity index (χ3v) is 8.19. The van der Waals surface area contributed by atoms with Gasteiger partial charge in [-0.15, -0.1) is 0 Å². The van der Waals surface area contributed by atoms with Crippen molar-refractivity contribution in [3.63, 3.8) is 0 Å². The number of unbranched alkanes of at least 4 members (excludes halogenated alkanes) is 2. The summed E-state index contributed by atoms with van der Waals surface area (Å²) in [5.74, 6) is 1.80. The van der Waals surface area contributed by atoms with E-state index in [1.165, 1.54) is 25.7 Å². The lowest BCUT2D eigenvalue weighted by atomic mass is 9.84. The number of nitrogens with zero attached hydrogens (tertiary/aromatic N) is 5. The second kappa shape index (κ2) is 9.11. The van der Waals surface area contributed by atoms with E-state index < -0.39 is 6.09 Å². The van der Waals surface area contributed by atoms with Crippen molar-refractivity contribution in [1.29, 1.82) is 0 Å². The number of imidazole rings is 1. The third kappa shape index (κ3) is 4.80. The van der Waals surface area contributed by atoms with Crippen LogP contribution >= 0.6 is 0 Å². The predicted molar refractivity (Wildman–Crippen MR) is 132 cm³/mol. The van der Waals surface area contributed by atoms with Crippen LogP contribution in [0.5, 0.6) is 0 Å². The van der Waals surface area contributed by atoms with Crippen molar-refractivity contribution in [2.45, 2.75) is 85.6 Å². The van der Waals surface area contributed by atoms with Crippen LogP contribution < -0.4 is 10.2 Å². The van der Waals surface area contributed by atoms with E-state index in [9.17, 15) is 4.79 Å². The highest BCUT2D eigenvalue weighted by Crippen LogP contribution is 2.67. The number of amides is 1. The summed E-state index contributed by atoms with van der Waals surface area (Å²) in [5, 5.41) is 2.74. The number of rotatable bonds is 11. The molecule has 1 N–H and O–H groups in total. The molecule has 8 heteroatoms. The SMILES string of the molecule is CCCCCOC(=O)Nc1nc(N(C)CC)c2ncn([C@H](C)C3(CC4(C)C[C@@H]4C)CC3)c2n1. The van der Waals surface area contributed by atoms with E-state index >= 15 is 0 Å². The van der Waals surface area contributed by atoms with Gasteiger partial charge in [-0.3, -0.25) is 5.32 Å². The van der Waals surface area contributed by atoms with Crippen LogP contribution in [0.15, 0.2) is 6.33 Å². The Morgan fingerprint density at radius 3 is 2.67 bits per heavy atom. The fourth-order valence-corrected chi connectivity index (χ4v) is 5.19. The Morgan fingerprint density at radius 1 is 1.33 bits per heavy atom. The van der Waals surface area contributed by atoms with E-state index in [0.717, 1.165) is 48.7 Å². The Hall–Kier alpha value is -2.38. The summed E-state index contributed by atoms with van der Waals surface area (Å²) in [5.41, 5.74) is 2.32. The van der Waals surface area contributed by atoms with Crippen LogP contribution in [-0.2, 0) is 4.74 Å². The topological polar surface area (TPSA) is 85.2 Å². The summed E-state index contributed by atoms with van der Waals surface area (Å²) >= 11 is 0. The minimum absolute atomic E-state index is 0.264. The normalized spacial score (nSPS) is 23.9. The summed E-state index contributed by atoms with van der Waals surface area (Å²) < 4.78 is 7.52. The molecule has 0 aromatic carbocycles. The molecule has 2 heterocycles. The predicted octanol–water partition coefficient (Wildman–Crippen LogP) is 5.80.